The highest BCUT2D eigenvalue weighted by molar-refractivity contribution is 7.81. The number of amides is 4. The van der Waals surface area contributed by atoms with Crippen LogP contribution in [-0.4, -0.2) is 111 Å². The van der Waals surface area contributed by atoms with Crippen LogP contribution in [0.25, 0.3) is 0 Å². The van der Waals surface area contributed by atoms with E-state index in [0.29, 0.717) is 24.4 Å². The average Bonchev–Trinajstić information content (AvgIpc) is 3.33. The van der Waals surface area contributed by atoms with Gasteiger partial charge < -0.3 is 10.1 Å². The summed E-state index contributed by atoms with van der Waals surface area (Å²) in [5.74, 6) is -0.780. The van der Waals surface area contributed by atoms with Gasteiger partial charge in [-0.15, -0.1) is 12.6 Å². The minimum atomic E-state index is -4.75. The summed E-state index contributed by atoms with van der Waals surface area (Å²) < 4.78 is 47.6. The first kappa shape index (κ1) is 42.5. The molecule has 4 aliphatic rings. The van der Waals surface area contributed by atoms with Crippen LogP contribution in [-0.2, 0) is 35.5 Å². The lowest BCUT2D eigenvalue weighted by Crippen LogP contribution is -2.58. The number of rotatable bonds is 10. The number of nitriles is 1. The van der Waals surface area contributed by atoms with E-state index < -0.39 is 33.8 Å². The van der Waals surface area contributed by atoms with E-state index in [-0.39, 0.29) is 66.5 Å². The molecule has 1 unspecified atom stereocenters. The molecule has 4 fully saturated rings. The van der Waals surface area contributed by atoms with Crippen molar-refractivity contribution >= 4 is 47.8 Å². The molecule has 3 saturated heterocycles. The highest BCUT2D eigenvalue weighted by atomic mass is 32.1. The molecule has 1 aromatic heterocycles. The number of hydrogen-bond donors (Lipinski definition) is 3. The number of thiol groups is 1. The van der Waals surface area contributed by atoms with Crippen molar-refractivity contribution in [2.75, 3.05) is 43.0 Å². The number of pyridine rings is 1. The van der Waals surface area contributed by atoms with Crippen LogP contribution < -0.4 is 15.5 Å². The van der Waals surface area contributed by atoms with Gasteiger partial charge in [0.25, 0.3) is 0 Å². The van der Waals surface area contributed by atoms with Gasteiger partial charge in [-0.2, -0.15) is 18.4 Å². The zero-order chi connectivity index (χ0) is 41.4. The summed E-state index contributed by atoms with van der Waals surface area (Å²) in [5.41, 5.74) is -3.50. The summed E-state index contributed by atoms with van der Waals surface area (Å²) in [6.45, 7) is 12.5. The number of alkyl halides is 3. The van der Waals surface area contributed by atoms with Crippen molar-refractivity contribution in [3.63, 3.8) is 0 Å². The second kappa shape index (κ2) is 16.6. The second-order valence-corrected chi connectivity index (χ2v) is 16.9. The zero-order valence-electron chi connectivity index (χ0n) is 32.9. The molecule has 2 aromatic rings. The SMILES string of the molecule is C[C@@H]1CN(CCOC2CCC(N3C(S)N(c4ccc(C#N)c(C(F)(F)F)c4)C(=O)C3(C)C)CC2)C[C@H](C)N1CC(=O)Nc1ccc([C@]2(C)CCC(=O)NC2=O)cn1. The first-order chi connectivity index (χ1) is 26.8. The van der Waals surface area contributed by atoms with Crippen LogP contribution in [0.15, 0.2) is 36.5 Å². The van der Waals surface area contributed by atoms with Gasteiger partial charge in [0.1, 0.15) is 11.3 Å². The van der Waals surface area contributed by atoms with Gasteiger partial charge in [0, 0.05) is 56.1 Å². The van der Waals surface area contributed by atoms with Crippen molar-refractivity contribution in [3.8, 4) is 6.07 Å². The van der Waals surface area contributed by atoms with Crippen LogP contribution >= 0.6 is 12.6 Å². The van der Waals surface area contributed by atoms with Crippen molar-refractivity contribution in [2.45, 2.75) is 120 Å². The number of piperazine rings is 1. The number of nitrogens with zero attached hydrogens (tertiary/aromatic N) is 6. The highest BCUT2D eigenvalue weighted by Crippen LogP contribution is 2.43. The predicted molar refractivity (Wildman–Crippen MR) is 209 cm³/mol. The molecule has 6 rings (SSSR count). The zero-order valence-corrected chi connectivity index (χ0v) is 33.8. The van der Waals surface area contributed by atoms with E-state index in [4.69, 9.17) is 17.4 Å². The Morgan fingerprint density at radius 2 is 1.75 bits per heavy atom. The van der Waals surface area contributed by atoms with Gasteiger partial charge in [0.15, 0.2) is 0 Å². The van der Waals surface area contributed by atoms with E-state index in [1.807, 2.05) is 4.90 Å². The molecule has 17 heteroatoms. The standard InChI is InChI=1S/C40H51F3N8O5S/c1-24-21-48(22-25(2)49(24)23-34(53)46-32-13-7-27(20-45-32)39(5)15-14-33(52)47-35(39)54)16-17-56-30-11-9-28(10-12-30)51-37(57)50(36(55)38(51,3)4)29-8-6-26(19-44)31(18-29)40(41,42)43/h6-8,13,18,20,24-25,28,30,37,57H,9-12,14-17,21-23H2,1-5H3,(H,45,46,53)(H,47,52,54)/t24-,25+,28?,30?,37?,39-/m0/s1. The first-order valence-electron chi connectivity index (χ1n) is 19.5. The van der Waals surface area contributed by atoms with Crippen LogP contribution in [0.2, 0.25) is 0 Å². The average molecular weight is 813 g/mol. The molecule has 4 heterocycles. The lowest BCUT2D eigenvalue weighted by molar-refractivity contribution is -0.138. The smallest absolute Gasteiger partial charge is 0.377 e. The van der Waals surface area contributed by atoms with Crippen LogP contribution in [0.3, 0.4) is 0 Å². The van der Waals surface area contributed by atoms with Gasteiger partial charge in [0.2, 0.25) is 23.6 Å². The maximum absolute atomic E-state index is 13.7. The minimum absolute atomic E-state index is 0.0276. The number of nitrogens with one attached hydrogen (secondary N) is 2. The third kappa shape index (κ3) is 8.85. The third-order valence-corrected chi connectivity index (χ3v) is 12.6. The van der Waals surface area contributed by atoms with E-state index in [2.05, 4.69) is 39.3 Å². The number of piperidine rings is 1. The Hall–Kier alpha value is -4.08. The Morgan fingerprint density at radius 1 is 1.07 bits per heavy atom. The maximum Gasteiger partial charge on any atom is 0.417 e. The lowest BCUT2D eigenvalue weighted by atomic mass is 9.76. The number of ether oxygens (including phenoxy) is 1. The van der Waals surface area contributed by atoms with Gasteiger partial charge in [-0.25, -0.2) is 4.98 Å². The Morgan fingerprint density at radius 3 is 2.35 bits per heavy atom. The summed E-state index contributed by atoms with van der Waals surface area (Å²) in [4.78, 5) is 63.0. The molecule has 57 heavy (non-hydrogen) atoms. The second-order valence-electron chi connectivity index (χ2n) is 16.4. The van der Waals surface area contributed by atoms with Crippen LogP contribution in [0.1, 0.15) is 89.8 Å². The fourth-order valence-corrected chi connectivity index (χ4v) is 9.57. The van der Waals surface area contributed by atoms with Gasteiger partial charge in [-0.05, 0) is 96.6 Å². The van der Waals surface area contributed by atoms with Gasteiger partial charge >= 0.3 is 6.18 Å². The largest absolute Gasteiger partial charge is 0.417 e. The number of hydrogen-bond acceptors (Lipinski definition) is 11. The molecule has 308 valence electrons. The molecule has 0 spiro atoms. The molecule has 1 aliphatic carbocycles. The number of anilines is 2. The first-order valence-corrected chi connectivity index (χ1v) is 20.0. The topological polar surface area (TPSA) is 151 Å². The molecule has 13 nitrogen and oxygen atoms in total. The van der Waals surface area contributed by atoms with E-state index in [1.54, 1.807) is 45.2 Å². The van der Waals surface area contributed by atoms with Crippen LogP contribution in [0.5, 0.6) is 0 Å². The number of aromatic nitrogens is 1. The highest BCUT2D eigenvalue weighted by Gasteiger charge is 2.54. The molecular formula is C40H51F3N8O5S. The lowest BCUT2D eigenvalue weighted by Gasteiger charge is -2.44. The Balaban J connectivity index is 0.945. The third-order valence-electron chi connectivity index (χ3n) is 12.2. The predicted octanol–water partition coefficient (Wildman–Crippen LogP) is 4.67. The van der Waals surface area contributed by atoms with Crippen molar-refractivity contribution in [3.05, 3.63) is 53.2 Å². The van der Waals surface area contributed by atoms with Crippen molar-refractivity contribution < 1.29 is 37.1 Å². The van der Waals surface area contributed by atoms with E-state index in [0.717, 1.165) is 57.5 Å². The monoisotopic (exact) mass is 812 g/mol. The maximum atomic E-state index is 13.7. The van der Waals surface area contributed by atoms with Gasteiger partial charge in [-0.3, -0.25) is 44.1 Å². The molecule has 4 atom stereocenters. The molecule has 1 saturated carbocycles. The fraction of sp³-hybridized carbons (Fsp3) is 0.600. The minimum Gasteiger partial charge on any atom is -0.377 e. The fourth-order valence-electron chi connectivity index (χ4n) is 8.85. The molecule has 0 bridgehead atoms. The van der Waals surface area contributed by atoms with Gasteiger partial charge in [-0.1, -0.05) is 6.07 Å². The Labute approximate surface area is 336 Å². The summed E-state index contributed by atoms with van der Waals surface area (Å²) >= 11 is 4.76. The number of benzene rings is 1. The Kier molecular flexibility index (Phi) is 12.4. The number of halogens is 3. The summed E-state index contributed by atoms with van der Waals surface area (Å²) in [5, 5.41) is 14.5. The summed E-state index contributed by atoms with van der Waals surface area (Å²) in [6, 6.07) is 8.54. The molecule has 0 radical (unpaired) electrons. The van der Waals surface area contributed by atoms with Crippen molar-refractivity contribution in [2.24, 2.45) is 0 Å². The van der Waals surface area contributed by atoms with Crippen molar-refractivity contribution in [1.82, 2.24) is 25.0 Å². The molecule has 4 amide bonds. The number of imide groups is 1. The molecule has 1 aromatic carbocycles. The van der Waals surface area contributed by atoms with E-state index in [1.165, 1.54) is 11.0 Å². The van der Waals surface area contributed by atoms with Crippen LogP contribution in [0, 0.1) is 11.3 Å². The molecule has 2 N–H and O–H groups in total. The van der Waals surface area contributed by atoms with Crippen molar-refractivity contribution in [1.29, 1.82) is 5.26 Å². The van der Waals surface area contributed by atoms with Gasteiger partial charge in [0.05, 0.1) is 47.4 Å². The molecular weight excluding hydrogens is 762 g/mol. The molecule has 3 aliphatic heterocycles. The summed E-state index contributed by atoms with van der Waals surface area (Å²) in [7, 11) is 0. The van der Waals surface area contributed by atoms with Crippen LogP contribution in [0.4, 0.5) is 24.7 Å². The quantitative estimate of drug-likeness (QED) is 0.228. The Bertz CT molecular complexity index is 1890. The number of carbonyl (C=O) groups is 4. The van der Waals surface area contributed by atoms with E-state index >= 15 is 0 Å². The number of carbonyl (C=O) groups excluding carboxylic acids is 4. The normalized spacial score (nSPS) is 28.9. The summed E-state index contributed by atoms with van der Waals surface area (Å²) in [6.07, 6.45) is 0.529. The van der Waals surface area contributed by atoms with E-state index in [9.17, 15) is 37.6 Å².